The molecule has 2 aromatic heterocycles. The predicted molar refractivity (Wildman–Crippen MR) is 128 cm³/mol. The van der Waals surface area contributed by atoms with Crippen LogP contribution < -0.4 is 5.32 Å². The summed E-state index contributed by atoms with van der Waals surface area (Å²) in [6.07, 6.45) is -2.84. The Bertz CT molecular complexity index is 1270. The summed E-state index contributed by atoms with van der Waals surface area (Å²) < 4.78 is 59.2. The minimum Gasteiger partial charge on any atom is -0.373 e. The zero-order valence-electron chi connectivity index (χ0n) is 20.4. The highest BCUT2D eigenvalue weighted by Crippen LogP contribution is 2.29. The third kappa shape index (κ3) is 5.90. The Kier molecular flexibility index (Phi) is 7.77. The number of halogens is 4. The van der Waals surface area contributed by atoms with Crippen molar-refractivity contribution in [2.45, 2.75) is 58.0 Å². The molecule has 0 saturated carbocycles. The molecular formula is C27H27F4N3O3. The van der Waals surface area contributed by atoms with Gasteiger partial charge in [-0.25, -0.2) is 4.39 Å². The summed E-state index contributed by atoms with van der Waals surface area (Å²) in [5.74, 6) is -1.12. The Hall–Kier alpha value is -3.53. The van der Waals surface area contributed by atoms with E-state index in [4.69, 9.17) is 4.74 Å². The van der Waals surface area contributed by atoms with Crippen molar-refractivity contribution < 1.29 is 31.9 Å². The SMILES string of the molecule is CC[C@@H](NC(=O)c1cc(C(=O)C[C@H](C)c2ccc(F)cc2)n2c1COCC2)c1ccc(C(F)(F)F)nc1. The number of ketones is 1. The monoisotopic (exact) mass is 517 g/mol. The zero-order valence-corrected chi connectivity index (χ0v) is 20.4. The number of alkyl halides is 3. The summed E-state index contributed by atoms with van der Waals surface area (Å²) in [6.45, 7) is 4.64. The van der Waals surface area contributed by atoms with E-state index in [1.165, 1.54) is 18.2 Å². The summed E-state index contributed by atoms with van der Waals surface area (Å²) in [5, 5.41) is 2.86. The topological polar surface area (TPSA) is 73.2 Å². The molecule has 0 spiro atoms. The average molecular weight is 518 g/mol. The lowest BCUT2D eigenvalue weighted by Gasteiger charge is -2.21. The molecule has 0 bridgehead atoms. The van der Waals surface area contributed by atoms with Crippen molar-refractivity contribution in [2.24, 2.45) is 0 Å². The number of amides is 1. The molecule has 3 aromatic rings. The number of pyridine rings is 1. The van der Waals surface area contributed by atoms with Crippen LogP contribution in [0.1, 0.15) is 82.0 Å². The maximum absolute atomic E-state index is 13.3. The third-order valence-corrected chi connectivity index (χ3v) is 6.56. The maximum Gasteiger partial charge on any atom is 0.433 e. The molecule has 1 N–H and O–H groups in total. The van der Waals surface area contributed by atoms with E-state index in [1.54, 1.807) is 29.7 Å². The third-order valence-electron chi connectivity index (χ3n) is 6.56. The number of nitrogens with one attached hydrogen (secondary N) is 1. The van der Waals surface area contributed by atoms with E-state index >= 15 is 0 Å². The highest BCUT2D eigenvalue weighted by atomic mass is 19.4. The fourth-order valence-electron chi connectivity index (χ4n) is 4.48. The maximum atomic E-state index is 13.3. The summed E-state index contributed by atoms with van der Waals surface area (Å²) >= 11 is 0. The minimum atomic E-state index is -4.55. The Morgan fingerprint density at radius 1 is 1.14 bits per heavy atom. The highest BCUT2D eigenvalue weighted by Gasteiger charge is 2.32. The molecular weight excluding hydrogens is 490 g/mol. The van der Waals surface area contributed by atoms with Gasteiger partial charge in [0.25, 0.3) is 5.91 Å². The van der Waals surface area contributed by atoms with Crippen molar-refractivity contribution >= 4 is 11.7 Å². The number of Topliss-reactive ketones (excluding diaryl/α,β-unsaturated/α-hetero) is 1. The normalized spacial score (nSPS) is 15.1. The first-order valence-corrected chi connectivity index (χ1v) is 12.0. The lowest BCUT2D eigenvalue weighted by molar-refractivity contribution is -0.141. The standard InChI is InChI=1S/C27H27F4N3O3/c1-3-21(18-6-9-25(32-14-18)27(29,30)31)33-26(36)20-13-22(34-10-11-37-15-23(20)34)24(35)12-16(2)17-4-7-19(28)8-5-17/h4-9,13-14,16,21H,3,10-12,15H2,1-2H3,(H,33,36)/t16-,21+/m0/s1. The van der Waals surface area contributed by atoms with Crippen LogP contribution in [-0.2, 0) is 24.1 Å². The second-order valence-corrected chi connectivity index (χ2v) is 9.08. The second-order valence-electron chi connectivity index (χ2n) is 9.08. The van der Waals surface area contributed by atoms with Crippen LogP contribution in [0.25, 0.3) is 0 Å². The predicted octanol–water partition coefficient (Wildman–Crippen LogP) is 5.83. The van der Waals surface area contributed by atoms with E-state index in [2.05, 4.69) is 10.3 Å². The number of hydrogen-bond acceptors (Lipinski definition) is 4. The van der Waals surface area contributed by atoms with Gasteiger partial charge in [0.15, 0.2) is 5.78 Å². The molecule has 1 amide bonds. The van der Waals surface area contributed by atoms with E-state index in [0.29, 0.717) is 36.5 Å². The molecule has 0 radical (unpaired) electrons. The van der Waals surface area contributed by atoms with Gasteiger partial charge in [-0.3, -0.25) is 14.6 Å². The van der Waals surface area contributed by atoms with Crippen molar-refractivity contribution in [1.29, 1.82) is 0 Å². The lowest BCUT2D eigenvalue weighted by atomic mass is 9.94. The van der Waals surface area contributed by atoms with E-state index in [1.807, 2.05) is 6.92 Å². The van der Waals surface area contributed by atoms with Crippen molar-refractivity contribution in [3.63, 3.8) is 0 Å². The first-order valence-electron chi connectivity index (χ1n) is 12.0. The minimum absolute atomic E-state index is 0.155. The number of carbonyl (C=O) groups is 2. The average Bonchev–Trinajstić information content (AvgIpc) is 3.27. The van der Waals surface area contributed by atoms with E-state index in [9.17, 15) is 27.2 Å². The number of carbonyl (C=O) groups excluding carboxylic acids is 2. The van der Waals surface area contributed by atoms with Gasteiger partial charge in [0.05, 0.1) is 36.2 Å². The number of aromatic nitrogens is 2. The number of ether oxygens (including phenoxy) is 1. The van der Waals surface area contributed by atoms with Crippen LogP contribution in [0.5, 0.6) is 0 Å². The van der Waals surface area contributed by atoms with Gasteiger partial charge in [-0.15, -0.1) is 0 Å². The Morgan fingerprint density at radius 2 is 1.84 bits per heavy atom. The molecule has 0 fully saturated rings. The molecule has 1 aromatic carbocycles. The molecule has 196 valence electrons. The van der Waals surface area contributed by atoms with Crippen LogP contribution in [0.2, 0.25) is 0 Å². The molecule has 0 unspecified atom stereocenters. The molecule has 1 aliphatic rings. The molecule has 0 aliphatic carbocycles. The van der Waals surface area contributed by atoms with Gasteiger partial charge in [-0.05, 0) is 47.7 Å². The van der Waals surface area contributed by atoms with Crippen molar-refractivity contribution in [3.05, 3.63) is 88.3 Å². The van der Waals surface area contributed by atoms with Gasteiger partial charge in [0.1, 0.15) is 11.5 Å². The molecule has 3 heterocycles. The van der Waals surface area contributed by atoms with E-state index < -0.39 is 23.8 Å². The van der Waals surface area contributed by atoms with Gasteiger partial charge in [-0.1, -0.05) is 32.0 Å². The quantitative estimate of drug-likeness (QED) is 0.302. The lowest BCUT2D eigenvalue weighted by Crippen LogP contribution is -2.30. The van der Waals surface area contributed by atoms with Gasteiger partial charge < -0.3 is 14.6 Å². The first kappa shape index (κ1) is 26.5. The first-order chi connectivity index (χ1) is 17.6. The fourth-order valence-corrected chi connectivity index (χ4v) is 4.48. The zero-order chi connectivity index (χ0) is 26.7. The molecule has 0 saturated heterocycles. The van der Waals surface area contributed by atoms with Gasteiger partial charge in [-0.2, -0.15) is 13.2 Å². The Morgan fingerprint density at radius 3 is 2.46 bits per heavy atom. The molecule has 1 aliphatic heterocycles. The Balaban J connectivity index is 1.54. The van der Waals surface area contributed by atoms with Gasteiger partial charge in [0.2, 0.25) is 0 Å². The molecule has 4 rings (SSSR count). The molecule has 37 heavy (non-hydrogen) atoms. The smallest absolute Gasteiger partial charge is 0.373 e. The van der Waals surface area contributed by atoms with Gasteiger partial charge in [0, 0.05) is 19.2 Å². The summed E-state index contributed by atoms with van der Waals surface area (Å²) in [7, 11) is 0. The van der Waals surface area contributed by atoms with Crippen molar-refractivity contribution in [1.82, 2.24) is 14.9 Å². The van der Waals surface area contributed by atoms with Crippen LogP contribution in [0, 0.1) is 5.82 Å². The van der Waals surface area contributed by atoms with E-state index in [-0.39, 0.29) is 36.1 Å². The van der Waals surface area contributed by atoms with Crippen LogP contribution >= 0.6 is 0 Å². The second kappa shape index (κ2) is 10.8. The number of rotatable bonds is 8. The van der Waals surface area contributed by atoms with Crippen LogP contribution in [0.4, 0.5) is 17.6 Å². The molecule has 10 heteroatoms. The number of nitrogens with zero attached hydrogens (tertiary/aromatic N) is 2. The van der Waals surface area contributed by atoms with Crippen LogP contribution in [-0.4, -0.2) is 27.8 Å². The fraction of sp³-hybridized carbons (Fsp3) is 0.370. The summed E-state index contributed by atoms with van der Waals surface area (Å²) in [4.78, 5) is 30.0. The Labute approximate surface area is 211 Å². The largest absolute Gasteiger partial charge is 0.433 e. The summed E-state index contributed by atoms with van der Waals surface area (Å²) in [5.41, 5.74) is 1.52. The molecule has 6 nitrogen and oxygen atoms in total. The number of fused-ring (bicyclic) bond motifs is 1. The van der Waals surface area contributed by atoms with Gasteiger partial charge >= 0.3 is 6.18 Å². The van der Waals surface area contributed by atoms with Crippen LogP contribution in [0.15, 0.2) is 48.7 Å². The number of benzene rings is 1. The highest BCUT2D eigenvalue weighted by molar-refractivity contribution is 6.01. The van der Waals surface area contributed by atoms with Crippen molar-refractivity contribution in [3.8, 4) is 0 Å². The van der Waals surface area contributed by atoms with Crippen LogP contribution in [0.3, 0.4) is 0 Å². The van der Waals surface area contributed by atoms with E-state index in [0.717, 1.165) is 17.8 Å². The summed E-state index contributed by atoms with van der Waals surface area (Å²) in [6, 6.07) is 9.17. The number of hydrogen-bond donors (Lipinski definition) is 1. The molecule has 2 atom stereocenters. The van der Waals surface area contributed by atoms with Crippen molar-refractivity contribution in [2.75, 3.05) is 6.61 Å².